The standard InChI is InChI=1S/C21H25N7O2/c1-14-11-15(2)28(26-14)19-8-7-17(24-25-19)21(30)22-9-10-27-13-23-18(12-20(27)29)16-5-3-4-6-16/h7-8,11-13,16H,3-6,9-10H2,1-2H3,(H,22,30). The third kappa shape index (κ3) is 4.29. The number of nitrogens with zero attached hydrogens (tertiary/aromatic N) is 6. The lowest BCUT2D eigenvalue weighted by Crippen LogP contribution is -2.31. The predicted molar refractivity (Wildman–Crippen MR) is 111 cm³/mol. The van der Waals surface area contributed by atoms with E-state index in [2.05, 4.69) is 25.6 Å². The number of hydrogen-bond acceptors (Lipinski definition) is 6. The minimum absolute atomic E-state index is 0.0878. The van der Waals surface area contributed by atoms with Crippen molar-refractivity contribution in [1.29, 1.82) is 0 Å². The molecular formula is C21H25N7O2. The number of hydrogen-bond donors (Lipinski definition) is 1. The van der Waals surface area contributed by atoms with Crippen LogP contribution in [0.3, 0.4) is 0 Å². The summed E-state index contributed by atoms with van der Waals surface area (Å²) in [5.41, 5.74) is 2.84. The second-order valence-corrected chi connectivity index (χ2v) is 7.70. The predicted octanol–water partition coefficient (Wildman–Crippen LogP) is 1.92. The summed E-state index contributed by atoms with van der Waals surface area (Å²) in [7, 11) is 0. The van der Waals surface area contributed by atoms with Crippen LogP contribution in [0.4, 0.5) is 0 Å². The van der Waals surface area contributed by atoms with Gasteiger partial charge in [0.05, 0.1) is 17.7 Å². The normalized spacial score (nSPS) is 14.2. The van der Waals surface area contributed by atoms with E-state index in [9.17, 15) is 9.59 Å². The van der Waals surface area contributed by atoms with Gasteiger partial charge in [-0.05, 0) is 44.9 Å². The van der Waals surface area contributed by atoms with Gasteiger partial charge in [0.15, 0.2) is 11.5 Å². The molecule has 1 aliphatic carbocycles. The molecule has 30 heavy (non-hydrogen) atoms. The van der Waals surface area contributed by atoms with Gasteiger partial charge >= 0.3 is 0 Å². The highest BCUT2D eigenvalue weighted by Crippen LogP contribution is 2.32. The molecule has 9 nitrogen and oxygen atoms in total. The summed E-state index contributed by atoms with van der Waals surface area (Å²) in [4.78, 5) is 29.1. The van der Waals surface area contributed by atoms with Crippen LogP contribution in [0.15, 0.2) is 35.4 Å². The average molecular weight is 407 g/mol. The van der Waals surface area contributed by atoms with Crippen LogP contribution >= 0.6 is 0 Å². The SMILES string of the molecule is Cc1cc(C)n(-c2ccc(C(=O)NCCn3cnc(C4CCCC4)cc3=O)nn2)n1. The fourth-order valence-electron chi connectivity index (χ4n) is 3.85. The van der Waals surface area contributed by atoms with E-state index in [1.54, 1.807) is 29.2 Å². The molecule has 0 radical (unpaired) electrons. The van der Waals surface area contributed by atoms with Gasteiger partial charge < -0.3 is 5.32 Å². The molecular weight excluding hydrogens is 382 g/mol. The van der Waals surface area contributed by atoms with Crippen LogP contribution in [0.5, 0.6) is 0 Å². The summed E-state index contributed by atoms with van der Waals surface area (Å²) >= 11 is 0. The minimum atomic E-state index is -0.342. The number of carbonyl (C=O) groups excluding carboxylic acids is 1. The van der Waals surface area contributed by atoms with Crippen LogP contribution in [-0.2, 0) is 6.54 Å². The monoisotopic (exact) mass is 407 g/mol. The van der Waals surface area contributed by atoms with Crippen LogP contribution < -0.4 is 10.9 Å². The van der Waals surface area contributed by atoms with Crippen molar-refractivity contribution in [2.45, 2.75) is 52.0 Å². The number of carbonyl (C=O) groups is 1. The highest BCUT2D eigenvalue weighted by Gasteiger charge is 2.19. The van der Waals surface area contributed by atoms with E-state index >= 15 is 0 Å². The van der Waals surface area contributed by atoms with Crippen LogP contribution in [-0.4, -0.2) is 42.0 Å². The molecule has 1 fully saturated rings. The van der Waals surface area contributed by atoms with Crippen molar-refractivity contribution in [2.24, 2.45) is 0 Å². The van der Waals surface area contributed by atoms with Crippen LogP contribution in [0, 0.1) is 13.8 Å². The summed E-state index contributed by atoms with van der Waals surface area (Å²) in [5, 5.41) is 15.2. The Kier molecular flexibility index (Phi) is 5.69. The van der Waals surface area contributed by atoms with Crippen molar-refractivity contribution in [1.82, 2.24) is 34.8 Å². The Bertz CT molecular complexity index is 1100. The molecule has 3 aromatic heterocycles. The molecule has 9 heteroatoms. The van der Waals surface area contributed by atoms with Gasteiger partial charge in [-0.15, -0.1) is 10.2 Å². The maximum Gasteiger partial charge on any atom is 0.271 e. The molecule has 3 aromatic rings. The molecule has 0 aliphatic heterocycles. The Morgan fingerprint density at radius 3 is 2.60 bits per heavy atom. The van der Waals surface area contributed by atoms with Gasteiger partial charge in [-0.2, -0.15) is 5.10 Å². The Morgan fingerprint density at radius 2 is 1.97 bits per heavy atom. The summed E-state index contributed by atoms with van der Waals surface area (Å²) in [6, 6.07) is 6.89. The van der Waals surface area contributed by atoms with E-state index in [4.69, 9.17) is 0 Å². The summed E-state index contributed by atoms with van der Waals surface area (Å²) in [6.45, 7) is 4.48. The molecule has 3 heterocycles. The molecule has 0 spiro atoms. The van der Waals surface area contributed by atoms with Crippen molar-refractivity contribution in [3.63, 3.8) is 0 Å². The maximum absolute atomic E-state index is 12.3. The lowest BCUT2D eigenvalue weighted by atomic mass is 10.0. The molecule has 0 aromatic carbocycles. The van der Waals surface area contributed by atoms with E-state index in [0.29, 0.717) is 24.8 Å². The van der Waals surface area contributed by atoms with Gasteiger partial charge in [-0.1, -0.05) is 12.8 Å². The van der Waals surface area contributed by atoms with Gasteiger partial charge in [0, 0.05) is 30.8 Å². The quantitative estimate of drug-likeness (QED) is 0.669. The third-order valence-electron chi connectivity index (χ3n) is 5.42. The smallest absolute Gasteiger partial charge is 0.271 e. The number of amides is 1. The maximum atomic E-state index is 12.3. The number of aromatic nitrogens is 6. The fraction of sp³-hybridized carbons (Fsp3) is 0.429. The van der Waals surface area contributed by atoms with Crippen molar-refractivity contribution in [3.05, 3.63) is 63.7 Å². The molecule has 0 atom stereocenters. The molecule has 1 N–H and O–H groups in total. The van der Waals surface area contributed by atoms with E-state index in [-0.39, 0.29) is 17.2 Å². The van der Waals surface area contributed by atoms with Crippen molar-refractivity contribution in [2.75, 3.05) is 6.54 Å². The van der Waals surface area contributed by atoms with Crippen LogP contribution in [0.1, 0.15) is 59.2 Å². The Labute approximate surface area is 174 Å². The Balaban J connectivity index is 1.33. The van der Waals surface area contributed by atoms with Gasteiger partial charge in [-0.25, -0.2) is 9.67 Å². The van der Waals surface area contributed by atoms with Crippen LogP contribution in [0.2, 0.25) is 0 Å². The first-order chi connectivity index (χ1) is 14.5. The van der Waals surface area contributed by atoms with Gasteiger partial charge in [-0.3, -0.25) is 14.2 Å². The molecule has 1 saturated carbocycles. The van der Waals surface area contributed by atoms with Crippen LogP contribution in [0.25, 0.3) is 5.82 Å². The first kappa shape index (κ1) is 19.9. The van der Waals surface area contributed by atoms with E-state index in [1.165, 1.54) is 17.4 Å². The molecule has 0 bridgehead atoms. The number of nitrogens with one attached hydrogen (secondary N) is 1. The van der Waals surface area contributed by atoms with E-state index in [1.807, 2.05) is 19.9 Å². The van der Waals surface area contributed by atoms with Gasteiger partial charge in [0.25, 0.3) is 11.5 Å². The second kappa shape index (κ2) is 8.56. The highest BCUT2D eigenvalue weighted by atomic mass is 16.2. The fourth-order valence-corrected chi connectivity index (χ4v) is 3.85. The highest BCUT2D eigenvalue weighted by molar-refractivity contribution is 5.92. The van der Waals surface area contributed by atoms with E-state index < -0.39 is 0 Å². The molecule has 156 valence electrons. The zero-order valence-corrected chi connectivity index (χ0v) is 17.2. The zero-order chi connectivity index (χ0) is 21.1. The minimum Gasteiger partial charge on any atom is -0.349 e. The molecule has 1 aliphatic rings. The lowest BCUT2D eigenvalue weighted by Gasteiger charge is -2.11. The largest absolute Gasteiger partial charge is 0.349 e. The second-order valence-electron chi connectivity index (χ2n) is 7.70. The summed E-state index contributed by atoms with van der Waals surface area (Å²) in [5.74, 6) is 0.617. The molecule has 4 rings (SSSR count). The zero-order valence-electron chi connectivity index (χ0n) is 17.2. The first-order valence-corrected chi connectivity index (χ1v) is 10.2. The number of rotatable bonds is 6. The van der Waals surface area contributed by atoms with Crippen molar-refractivity contribution >= 4 is 5.91 Å². The number of aryl methyl sites for hydroxylation is 2. The van der Waals surface area contributed by atoms with Gasteiger partial charge in [0.2, 0.25) is 0 Å². The lowest BCUT2D eigenvalue weighted by molar-refractivity contribution is 0.0946. The third-order valence-corrected chi connectivity index (χ3v) is 5.42. The molecule has 1 amide bonds. The van der Waals surface area contributed by atoms with Crippen molar-refractivity contribution in [3.8, 4) is 5.82 Å². The molecule has 0 unspecified atom stereocenters. The Hall–Kier alpha value is -3.36. The summed E-state index contributed by atoms with van der Waals surface area (Å²) < 4.78 is 3.19. The Morgan fingerprint density at radius 1 is 1.17 bits per heavy atom. The topological polar surface area (TPSA) is 108 Å². The summed E-state index contributed by atoms with van der Waals surface area (Å²) in [6.07, 6.45) is 6.18. The van der Waals surface area contributed by atoms with E-state index in [0.717, 1.165) is 29.9 Å². The molecule has 0 saturated heterocycles. The first-order valence-electron chi connectivity index (χ1n) is 10.2. The average Bonchev–Trinajstić information content (AvgIpc) is 3.39. The van der Waals surface area contributed by atoms with Crippen molar-refractivity contribution < 1.29 is 4.79 Å². The van der Waals surface area contributed by atoms with Gasteiger partial charge in [0.1, 0.15) is 0 Å².